The van der Waals surface area contributed by atoms with E-state index in [1.165, 1.54) is 0 Å². The first-order valence-corrected chi connectivity index (χ1v) is 7.20. The van der Waals surface area contributed by atoms with Crippen LogP contribution >= 0.6 is 11.6 Å². The highest BCUT2D eigenvalue weighted by atomic mass is 35.5. The molecule has 0 aromatic heterocycles. The summed E-state index contributed by atoms with van der Waals surface area (Å²) >= 11 is 5.97. The third-order valence-corrected chi connectivity index (χ3v) is 3.82. The van der Waals surface area contributed by atoms with Crippen molar-refractivity contribution in [3.05, 3.63) is 34.4 Å². The number of carbonyl (C=O) groups excluding carboxylic acids is 1. The Morgan fingerprint density at radius 1 is 1.48 bits per heavy atom. The van der Waals surface area contributed by atoms with Gasteiger partial charge in [-0.25, -0.2) is 0 Å². The Hall–Kier alpha value is -1.56. The van der Waals surface area contributed by atoms with Gasteiger partial charge in [0.25, 0.3) is 5.91 Å². The van der Waals surface area contributed by atoms with Gasteiger partial charge in [0.05, 0.1) is 24.9 Å². The van der Waals surface area contributed by atoms with Crippen molar-refractivity contribution < 1.29 is 19.4 Å². The Kier molecular flexibility index (Phi) is 4.14. The van der Waals surface area contributed by atoms with E-state index in [0.29, 0.717) is 30.3 Å². The van der Waals surface area contributed by atoms with Crippen molar-refractivity contribution in [1.82, 2.24) is 4.90 Å². The zero-order chi connectivity index (χ0) is 14.8. The fraction of sp³-hybridized carbons (Fsp3) is 0.400. The largest absolute Gasteiger partial charge is 0.488 e. The smallest absolute Gasteiger partial charge is 0.253 e. The third kappa shape index (κ3) is 3.05. The van der Waals surface area contributed by atoms with E-state index in [9.17, 15) is 4.79 Å². The molecule has 112 valence electrons. The number of nitrogens with zero attached hydrogens (tertiary/aromatic N) is 1. The second kappa shape index (κ2) is 6.05. The molecule has 21 heavy (non-hydrogen) atoms. The number of morpholine rings is 1. The minimum absolute atomic E-state index is 0.0811. The van der Waals surface area contributed by atoms with Crippen molar-refractivity contribution in [1.29, 1.82) is 0 Å². The van der Waals surface area contributed by atoms with Gasteiger partial charge in [0.15, 0.2) is 0 Å². The molecule has 1 unspecified atom stereocenters. The Morgan fingerprint density at radius 2 is 2.33 bits per heavy atom. The lowest BCUT2D eigenvalue weighted by Gasteiger charge is -2.33. The monoisotopic (exact) mass is 309 g/mol. The second-order valence-corrected chi connectivity index (χ2v) is 5.50. The zero-order valence-corrected chi connectivity index (χ0v) is 12.2. The molecule has 5 nitrogen and oxygen atoms in total. The average molecular weight is 310 g/mol. The van der Waals surface area contributed by atoms with E-state index in [0.717, 1.165) is 11.3 Å². The standard InChI is InChI=1S/C15H16ClNO4/c16-12-1-2-14-10(6-12)5-11(9-21-14)15(19)17-3-4-20-13(7-17)8-18/h1-2,5-6,13,18H,3-4,7-9H2. The number of halogens is 1. The van der Waals surface area contributed by atoms with Crippen molar-refractivity contribution in [2.45, 2.75) is 6.10 Å². The quantitative estimate of drug-likeness (QED) is 0.895. The van der Waals surface area contributed by atoms with Gasteiger partial charge in [-0.1, -0.05) is 11.6 Å². The number of ether oxygens (including phenoxy) is 2. The molecule has 1 aromatic carbocycles. The number of aliphatic hydroxyl groups excluding tert-OH is 1. The Bertz CT molecular complexity index is 587. The molecule has 0 spiro atoms. The summed E-state index contributed by atoms with van der Waals surface area (Å²) in [5.74, 6) is 0.647. The van der Waals surface area contributed by atoms with Crippen molar-refractivity contribution in [2.24, 2.45) is 0 Å². The fourth-order valence-electron chi connectivity index (χ4n) is 2.49. The number of benzene rings is 1. The molecule has 1 saturated heterocycles. The van der Waals surface area contributed by atoms with Gasteiger partial charge in [0.2, 0.25) is 0 Å². The molecule has 1 fully saturated rings. The van der Waals surface area contributed by atoms with Gasteiger partial charge in [0.1, 0.15) is 12.4 Å². The van der Waals surface area contributed by atoms with Gasteiger partial charge in [-0.05, 0) is 24.3 Å². The molecule has 0 saturated carbocycles. The van der Waals surface area contributed by atoms with E-state index in [-0.39, 0.29) is 25.2 Å². The maximum absolute atomic E-state index is 12.5. The summed E-state index contributed by atoms with van der Waals surface area (Å²) in [5, 5.41) is 9.75. The summed E-state index contributed by atoms with van der Waals surface area (Å²) in [7, 11) is 0. The van der Waals surface area contributed by atoms with Crippen LogP contribution in [0.1, 0.15) is 5.56 Å². The third-order valence-electron chi connectivity index (χ3n) is 3.59. The normalized spacial score (nSPS) is 21.3. The molecule has 2 aliphatic heterocycles. The summed E-state index contributed by atoms with van der Waals surface area (Å²) in [6, 6.07) is 5.33. The summed E-state index contributed by atoms with van der Waals surface area (Å²) in [6.45, 7) is 1.52. The molecular formula is C15H16ClNO4. The van der Waals surface area contributed by atoms with E-state index < -0.39 is 0 Å². The van der Waals surface area contributed by atoms with Gasteiger partial charge in [-0.15, -0.1) is 0 Å². The van der Waals surface area contributed by atoms with Crippen LogP contribution in [0.4, 0.5) is 0 Å². The van der Waals surface area contributed by atoms with Crippen molar-refractivity contribution >= 4 is 23.6 Å². The summed E-state index contributed by atoms with van der Waals surface area (Å²) < 4.78 is 11.0. The topological polar surface area (TPSA) is 59.0 Å². The number of carbonyl (C=O) groups is 1. The Morgan fingerprint density at radius 3 is 3.14 bits per heavy atom. The lowest BCUT2D eigenvalue weighted by Crippen LogP contribution is -2.47. The molecule has 2 aliphatic rings. The molecule has 6 heteroatoms. The molecule has 1 atom stereocenters. The minimum Gasteiger partial charge on any atom is -0.488 e. The Labute approximate surface area is 127 Å². The average Bonchev–Trinajstić information content (AvgIpc) is 2.53. The summed E-state index contributed by atoms with van der Waals surface area (Å²) in [6.07, 6.45) is 1.51. The molecular weight excluding hydrogens is 294 g/mol. The first-order chi connectivity index (χ1) is 10.2. The molecule has 1 amide bonds. The predicted octanol–water partition coefficient (Wildman–Crippen LogP) is 1.34. The summed E-state index contributed by atoms with van der Waals surface area (Å²) in [5.41, 5.74) is 1.40. The van der Waals surface area contributed by atoms with E-state index in [1.807, 2.05) is 6.08 Å². The first-order valence-electron chi connectivity index (χ1n) is 6.82. The highest BCUT2D eigenvalue weighted by Gasteiger charge is 2.27. The highest BCUT2D eigenvalue weighted by molar-refractivity contribution is 6.30. The molecule has 1 aromatic rings. The van der Waals surface area contributed by atoms with Gasteiger partial charge in [-0.2, -0.15) is 0 Å². The lowest BCUT2D eigenvalue weighted by atomic mass is 10.1. The number of hydrogen-bond donors (Lipinski definition) is 1. The minimum atomic E-state index is -0.311. The van der Waals surface area contributed by atoms with E-state index in [2.05, 4.69) is 0 Å². The van der Waals surface area contributed by atoms with E-state index >= 15 is 0 Å². The second-order valence-electron chi connectivity index (χ2n) is 5.07. The molecule has 0 bridgehead atoms. The maximum atomic E-state index is 12.5. The van der Waals surface area contributed by atoms with Crippen LogP contribution in [-0.2, 0) is 9.53 Å². The van der Waals surface area contributed by atoms with E-state index in [1.54, 1.807) is 23.1 Å². The fourth-order valence-corrected chi connectivity index (χ4v) is 2.67. The maximum Gasteiger partial charge on any atom is 0.253 e. The number of hydrogen-bond acceptors (Lipinski definition) is 4. The highest BCUT2D eigenvalue weighted by Crippen LogP contribution is 2.29. The molecule has 1 N–H and O–H groups in total. The van der Waals surface area contributed by atoms with Crippen LogP contribution in [0.5, 0.6) is 5.75 Å². The summed E-state index contributed by atoms with van der Waals surface area (Å²) in [4.78, 5) is 14.2. The molecule has 0 radical (unpaired) electrons. The van der Waals surface area contributed by atoms with Crippen LogP contribution in [0.15, 0.2) is 23.8 Å². The van der Waals surface area contributed by atoms with Crippen LogP contribution in [-0.4, -0.2) is 54.9 Å². The lowest BCUT2D eigenvalue weighted by molar-refractivity contribution is -0.136. The molecule has 3 rings (SSSR count). The first kappa shape index (κ1) is 14.4. The van der Waals surface area contributed by atoms with E-state index in [4.69, 9.17) is 26.2 Å². The SMILES string of the molecule is O=C(C1=Cc2cc(Cl)ccc2OC1)N1CCOC(CO)C1. The van der Waals surface area contributed by atoms with Crippen molar-refractivity contribution in [2.75, 3.05) is 32.9 Å². The molecule has 2 heterocycles. The number of aliphatic hydroxyl groups is 1. The Balaban J connectivity index is 1.79. The van der Waals surface area contributed by atoms with Gasteiger partial charge >= 0.3 is 0 Å². The van der Waals surface area contributed by atoms with Gasteiger partial charge in [-0.3, -0.25) is 4.79 Å². The number of amides is 1. The zero-order valence-electron chi connectivity index (χ0n) is 11.4. The van der Waals surface area contributed by atoms with Crippen molar-refractivity contribution in [3.8, 4) is 5.75 Å². The van der Waals surface area contributed by atoms with Crippen LogP contribution in [0.25, 0.3) is 6.08 Å². The molecule has 0 aliphatic carbocycles. The number of fused-ring (bicyclic) bond motifs is 1. The van der Waals surface area contributed by atoms with Crippen LogP contribution in [0.3, 0.4) is 0 Å². The van der Waals surface area contributed by atoms with Crippen LogP contribution in [0, 0.1) is 0 Å². The van der Waals surface area contributed by atoms with Crippen LogP contribution < -0.4 is 4.74 Å². The predicted molar refractivity (Wildman–Crippen MR) is 78.3 cm³/mol. The number of rotatable bonds is 2. The van der Waals surface area contributed by atoms with Gasteiger partial charge < -0.3 is 19.5 Å². The van der Waals surface area contributed by atoms with Crippen LogP contribution in [0.2, 0.25) is 5.02 Å². The van der Waals surface area contributed by atoms with Gasteiger partial charge in [0, 0.05) is 23.7 Å². The van der Waals surface area contributed by atoms with Crippen molar-refractivity contribution in [3.63, 3.8) is 0 Å².